The molecule has 6 nitrogen and oxygen atoms in total. The molecule has 4 rings (SSSR count). The highest BCUT2D eigenvalue weighted by molar-refractivity contribution is 8.00. The summed E-state index contributed by atoms with van der Waals surface area (Å²) in [4.78, 5) is 25.4. The molecule has 0 radical (unpaired) electrons. The molecule has 0 saturated heterocycles. The predicted molar refractivity (Wildman–Crippen MR) is 164 cm³/mol. The topological polar surface area (TPSA) is 76.7 Å². The highest BCUT2D eigenvalue weighted by atomic mass is 32.2. The van der Waals surface area contributed by atoms with Crippen molar-refractivity contribution in [2.24, 2.45) is 0 Å². The van der Waals surface area contributed by atoms with Gasteiger partial charge in [0.2, 0.25) is 5.91 Å². The van der Waals surface area contributed by atoms with E-state index in [9.17, 15) is 9.59 Å². The zero-order chi connectivity index (χ0) is 28.8. The molecular formula is C34H36N2O4S. The molecule has 0 heterocycles. The van der Waals surface area contributed by atoms with Crippen LogP contribution in [-0.4, -0.2) is 43.6 Å². The lowest BCUT2D eigenvalue weighted by atomic mass is 9.84. The molecule has 0 unspecified atom stereocenters. The number of benzene rings is 4. The van der Waals surface area contributed by atoms with E-state index in [1.54, 1.807) is 18.7 Å². The van der Waals surface area contributed by atoms with Crippen LogP contribution < -0.4 is 10.6 Å². The number of thioether (sulfide) groups is 1. The highest BCUT2D eigenvalue weighted by Crippen LogP contribution is 2.48. The van der Waals surface area contributed by atoms with Gasteiger partial charge >= 0.3 is 5.97 Å². The first-order chi connectivity index (χ1) is 20.1. The van der Waals surface area contributed by atoms with Gasteiger partial charge in [-0.25, -0.2) is 0 Å². The van der Waals surface area contributed by atoms with E-state index in [2.05, 4.69) is 47.0 Å². The molecule has 4 aromatic carbocycles. The second-order valence-electron chi connectivity index (χ2n) is 9.35. The Labute approximate surface area is 246 Å². The summed E-state index contributed by atoms with van der Waals surface area (Å²) in [6.07, 6.45) is 0. The van der Waals surface area contributed by atoms with Gasteiger partial charge in [0.25, 0.3) is 0 Å². The lowest BCUT2D eigenvalue weighted by molar-refractivity contribution is -0.143. The van der Waals surface area contributed by atoms with Crippen molar-refractivity contribution in [3.63, 3.8) is 0 Å². The summed E-state index contributed by atoms with van der Waals surface area (Å²) >= 11 is 1.67. The van der Waals surface area contributed by atoms with E-state index in [1.807, 2.05) is 84.9 Å². The van der Waals surface area contributed by atoms with Gasteiger partial charge in [-0.15, -0.1) is 11.8 Å². The summed E-state index contributed by atoms with van der Waals surface area (Å²) in [6.45, 7) is 2.39. The maximum atomic E-state index is 13.4. The van der Waals surface area contributed by atoms with Crippen molar-refractivity contribution in [2.75, 3.05) is 25.6 Å². The van der Waals surface area contributed by atoms with E-state index in [1.165, 1.54) is 0 Å². The Kier molecular flexibility index (Phi) is 11.6. The molecular weight excluding hydrogens is 532 g/mol. The smallest absolute Gasteiger partial charge is 0.325 e. The van der Waals surface area contributed by atoms with Gasteiger partial charge in [0.05, 0.1) is 30.7 Å². The Bertz CT molecular complexity index is 1240. The van der Waals surface area contributed by atoms with Crippen molar-refractivity contribution >= 4 is 23.6 Å². The number of carbonyl (C=O) groups is 2. The molecule has 7 heteroatoms. The van der Waals surface area contributed by atoms with Gasteiger partial charge in [-0.1, -0.05) is 121 Å². The maximum absolute atomic E-state index is 13.4. The third kappa shape index (κ3) is 8.30. The molecule has 0 fully saturated rings. The van der Waals surface area contributed by atoms with Crippen molar-refractivity contribution in [3.05, 3.63) is 144 Å². The SMILES string of the molecule is CCOC(=O)CNC(=O)[C@H](CSC(c1ccccc1)(c1ccccc1)c1ccccc1)NCOCc1ccccc1. The summed E-state index contributed by atoms with van der Waals surface area (Å²) in [6, 6.07) is 40.2. The summed E-state index contributed by atoms with van der Waals surface area (Å²) in [5.74, 6) is -0.362. The average Bonchev–Trinajstić information content (AvgIpc) is 3.03. The van der Waals surface area contributed by atoms with Crippen molar-refractivity contribution in [3.8, 4) is 0 Å². The van der Waals surface area contributed by atoms with Crippen LogP contribution in [0.2, 0.25) is 0 Å². The predicted octanol–water partition coefficient (Wildman–Crippen LogP) is 5.52. The molecule has 1 atom stereocenters. The number of hydrogen-bond donors (Lipinski definition) is 2. The summed E-state index contributed by atoms with van der Waals surface area (Å²) in [5.41, 5.74) is 4.36. The Morgan fingerprint density at radius 2 is 1.24 bits per heavy atom. The number of ether oxygens (including phenoxy) is 2. The van der Waals surface area contributed by atoms with Gasteiger partial charge in [0.1, 0.15) is 6.54 Å². The minimum atomic E-state index is -0.638. The minimum absolute atomic E-state index is 0.169. The van der Waals surface area contributed by atoms with Gasteiger partial charge in [0.15, 0.2) is 0 Å². The second-order valence-corrected chi connectivity index (χ2v) is 10.6. The Balaban J connectivity index is 1.60. The minimum Gasteiger partial charge on any atom is -0.465 e. The van der Waals surface area contributed by atoms with Crippen LogP contribution in [0.25, 0.3) is 0 Å². The third-order valence-electron chi connectivity index (χ3n) is 6.58. The zero-order valence-electron chi connectivity index (χ0n) is 23.2. The normalized spacial score (nSPS) is 11.9. The van der Waals surface area contributed by atoms with Crippen LogP contribution in [0.15, 0.2) is 121 Å². The van der Waals surface area contributed by atoms with Gasteiger partial charge < -0.3 is 14.8 Å². The van der Waals surface area contributed by atoms with E-state index < -0.39 is 16.8 Å². The quantitative estimate of drug-likeness (QED) is 0.0851. The third-order valence-corrected chi connectivity index (χ3v) is 8.22. The number of carbonyl (C=O) groups excluding carboxylic acids is 2. The van der Waals surface area contributed by atoms with Crippen LogP contribution in [0.4, 0.5) is 0 Å². The molecule has 0 aromatic heterocycles. The van der Waals surface area contributed by atoms with Gasteiger partial charge in [-0.2, -0.15) is 0 Å². The first kappa shape index (κ1) is 30.1. The molecule has 0 bridgehead atoms. The fraction of sp³-hybridized carbons (Fsp3) is 0.235. The summed E-state index contributed by atoms with van der Waals surface area (Å²) in [5, 5.41) is 6.00. The Morgan fingerprint density at radius 1 is 0.756 bits per heavy atom. The number of rotatable bonds is 15. The van der Waals surface area contributed by atoms with Crippen LogP contribution in [0, 0.1) is 0 Å². The van der Waals surface area contributed by atoms with Gasteiger partial charge in [-0.3, -0.25) is 14.9 Å². The lowest BCUT2D eigenvalue weighted by Crippen LogP contribution is -2.48. The Morgan fingerprint density at radius 3 is 1.73 bits per heavy atom. The van der Waals surface area contributed by atoms with Crippen molar-refractivity contribution in [1.82, 2.24) is 10.6 Å². The van der Waals surface area contributed by atoms with Crippen LogP contribution >= 0.6 is 11.8 Å². The van der Waals surface area contributed by atoms with Crippen LogP contribution in [0.1, 0.15) is 29.2 Å². The van der Waals surface area contributed by atoms with Crippen molar-refractivity contribution < 1.29 is 19.1 Å². The summed E-state index contributed by atoms with van der Waals surface area (Å²) < 4.78 is 10.3. The largest absolute Gasteiger partial charge is 0.465 e. The van der Waals surface area contributed by atoms with Crippen LogP contribution in [0.5, 0.6) is 0 Å². The zero-order valence-corrected chi connectivity index (χ0v) is 24.0. The molecule has 4 aromatic rings. The first-order valence-corrected chi connectivity index (χ1v) is 14.7. The molecule has 0 aliphatic carbocycles. The Hall–Kier alpha value is -3.91. The number of hydrogen-bond acceptors (Lipinski definition) is 6. The molecule has 212 valence electrons. The monoisotopic (exact) mass is 568 g/mol. The van der Waals surface area contributed by atoms with E-state index in [0.29, 0.717) is 12.4 Å². The number of esters is 1. The maximum Gasteiger partial charge on any atom is 0.325 e. The number of amides is 1. The lowest BCUT2D eigenvalue weighted by Gasteiger charge is -2.36. The highest BCUT2D eigenvalue weighted by Gasteiger charge is 2.38. The molecule has 0 aliphatic rings. The fourth-order valence-corrected chi connectivity index (χ4v) is 6.20. The molecule has 1 amide bonds. The average molecular weight is 569 g/mol. The number of nitrogens with one attached hydrogen (secondary N) is 2. The van der Waals surface area contributed by atoms with E-state index in [4.69, 9.17) is 9.47 Å². The molecule has 0 saturated carbocycles. The van der Waals surface area contributed by atoms with Crippen LogP contribution in [0.3, 0.4) is 0 Å². The fourth-order valence-electron chi connectivity index (χ4n) is 4.60. The standard InChI is InChI=1S/C34H36N2O4S/c1-2-40-32(37)23-35-33(38)31(36-26-39-24-27-15-7-3-8-16-27)25-41-34(28-17-9-4-10-18-28,29-19-11-5-12-20-29)30-21-13-6-14-22-30/h3-22,31,36H,2,23-26H2,1H3,(H,35,38)/t31-/m0/s1. The molecule has 2 N–H and O–H groups in total. The van der Waals surface area contributed by atoms with Crippen molar-refractivity contribution in [1.29, 1.82) is 0 Å². The molecule has 0 spiro atoms. The first-order valence-electron chi connectivity index (χ1n) is 13.7. The van der Waals surface area contributed by atoms with Crippen molar-refractivity contribution in [2.45, 2.75) is 24.3 Å². The summed E-state index contributed by atoms with van der Waals surface area (Å²) in [7, 11) is 0. The van der Waals surface area contributed by atoms with E-state index in [0.717, 1.165) is 22.3 Å². The van der Waals surface area contributed by atoms with Gasteiger partial charge in [0, 0.05) is 5.75 Å². The van der Waals surface area contributed by atoms with E-state index >= 15 is 0 Å². The van der Waals surface area contributed by atoms with E-state index in [-0.39, 0.29) is 25.8 Å². The second kappa shape index (κ2) is 15.8. The van der Waals surface area contributed by atoms with Gasteiger partial charge in [-0.05, 0) is 29.2 Å². The molecule has 41 heavy (non-hydrogen) atoms. The molecule has 0 aliphatic heterocycles. The van der Waals surface area contributed by atoms with Crippen LogP contribution in [-0.2, 0) is 30.4 Å².